The fourth-order valence-corrected chi connectivity index (χ4v) is 3.47. The minimum absolute atomic E-state index is 0.116. The van der Waals surface area contributed by atoms with Gasteiger partial charge in [0.15, 0.2) is 0 Å². The maximum absolute atomic E-state index is 12.5. The molecular weight excluding hydrogens is 398 g/mol. The van der Waals surface area contributed by atoms with E-state index < -0.39 is 0 Å². The molecule has 4 rings (SSSR count). The van der Waals surface area contributed by atoms with Gasteiger partial charge in [-0.25, -0.2) is 4.98 Å². The molecule has 0 radical (unpaired) electrons. The topological polar surface area (TPSA) is 56.2 Å². The number of nitrogens with one attached hydrogen (secondary N) is 1. The predicted molar refractivity (Wildman–Crippen MR) is 119 cm³/mol. The molecule has 1 aromatic heterocycles. The van der Waals surface area contributed by atoms with Crippen LogP contribution in [0, 0.1) is 6.92 Å². The molecule has 1 heterocycles. The monoisotopic (exact) mass is 419 g/mol. The average molecular weight is 420 g/mol. The number of ether oxygens (including phenoxy) is 1. The number of benzene rings is 3. The Morgan fingerprint density at radius 2 is 1.87 bits per heavy atom. The molecule has 0 aliphatic carbocycles. The second-order valence-electron chi connectivity index (χ2n) is 7.02. The maximum atomic E-state index is 12.5. The largest absolute Gasteiger partial charge is 0.492 e. The highest BCUT2D eigenvalue weighted by atomic mass is 35.5. The third-order valence-electron chi connectivity index (χ3n) is 4.82. The lowest BCUT2D eigenvalue weighted by Gasteiger charge is -2.12. The maximum Gasteiger partial charge on any atom is 0.251 e. The van der Waals surface area contributed by atoms with Crippen LogP contribution in [0.25, 0.3) is 11.0 Å². The van der Waals surface area contributed by atoms with Crippen LogP contribution in [0.2, 0.25) is 5.02 Å². The number of amides is 1. The van der Waals surface area contributed by atoms with E-state index in [0.717, 1.165) is 28.2 Å². The van der Waals surface area contributed by atoms with Crippen molar-refractivity contribution in [3.05, 3.63) is 94.8 Å². The molecule has 1 N–H and O–H groups in total. The number of imidazole rings is 1. The van der Waals surface area contributed by atoms with Gasteiger partial charge < -0.3 is 14.6 Å². The summed E-state index contributed by atoms with van der Waals surface area (Å²) in [4.78, 5) is 17.2. The fourth-order valence-electron chi connectivity index (χ4n) is 3.34. The van der Waals surface area contributed by atoms with E-state index in [9.17, 15) is 4.79 Å². The number of halogens is 1. The summed E-state index contributed by atoms with van der Waals surface area (Å²) >= 11 is 5.92. The molecule has 0 spiro atoms. The Morgan fingerprint density at radius 3 is 2.67 bits per heavy atom. The Bertz CT molecular complexity index is 1170. The quantitative estimate of drug-likeness (QED) is 0.458. The number of carbonyl (C=O) groups excluding carboxylic acids is 1. The summed E-state index contributed by atoms with van der Waals surface area (Å²) in [6.07, 6.45) is 0. The van der Waals surface area contributed by atoms with Crippen LogP contribution >= 0.6 is 11.6 Å². The molecule has 0 aliphatic rings. The van der Waals surface area contributed by atoms with Crippen molar-refractivity contribution in [2.24, 2.45) is 0 Å². The lowest BCUT2D eigenvalue weighted by Crippen LogP contribution is -2.25. The number of aromatic nitrogens is 2. The number of rotatable bonds is 7. The third-order valence-corrected chi connectivity index (χ3v) is 5.07. The smallest absolute Gasteiger partial charge is 0.251 e. The van der Waals surface area contributed by atoms with Crippen molar-refractivity contribution in [3.63, 3.8) is 0 Å². The first-order valence-electron chi connectivity index (χ1n) is 9.77. The zero-order valence-electron chi connectivity index (χ0n) is 16.6. The molecular formula is C24H22ClN3O2. The number of hydrogen-bond donors (Lipinski definition) is 1. The molecule has 0 atom stereocenters. The molecule has 3 aromatic carbocycles. The highest BCUT2D eigenvalue weighted by molar-refractivity contribution is 6.30. The third kappa shape index (κ3) is 4.63. The van der Waals surface area contributed by atoms with E-state index in [4.69, 9.17) is 21.3 Å². The number of carbonyl (C=O) groups is 1. The first-order chi connectivity index (χ1) is 14.6. The minimum atomic E-state index is -0.116. The molecule has 152 valence electrons. The SMILES string of the molecule is Cc1cccc(C(=O)NCc2nc3ccccc3n2CCOc2ccc(Cl)cc2)c1. The number of aryl methyl sites for hydroxylation is 1. The Balaban J connectivity index is 1.48. The van der Waals surface area contributed by atoms with Gasteiger partial charge in [-0.2, -0.15) is 0 Å². The van der Waals surface area contributed by atoms with E-state index in [1.165, 1.54) is 0 Å². The van der Waals surface area contributed by atoms with Crippen molar-refractivity contribution in [3.8, 4) is 5.75 Å². The minimum Gasteiger partial charge on any atom is -0.492 e. The van der Waals surface area contributed by atoms with Gasteiger partial charge >= 0.3 is 0 Å². The highest BCUT2D eigenvalue weighted by Crippen LogP contribution is 2.18. The molecule has 0 unspecified atom stereocenters. The number of para-hydroxylation sites is 2. The van der Waals surface area contributed by atoms with Gasteiger partial charge in [0.25, 0.3) is 5.91 Å². The molecule has 6 heteroatoms. The van der Waals surface area contributed by atoms with E-state index in [2.05, 4.69) is 9.88 Å². The summed E-state index contributed by atoms with van der Waals surface area (Å²) in [6, 6.07) is 22.8. The average Bonchev–Trinajstić information content (AvgIpc) is 3.11. The van der Waals surface area contributed by atoms with Crippen molar-refractivity contribution in [2.45, 2.75) is 20.0 Å². The fraction of sp³-hybridized carbons (Fsp3) is 0.167. The standard InChI is InChI=1S/C24H22ClN3O2/c1-17-5-4-6-18(15-17)24(29)26-16-23-27-21-7-2-3-8-22(21)28(23)13-14-30-20-11-9-19(25)10-12-20/h2-12,15H,13-14,16H2,1H3,(H,26,29). The number of fused-ring (bicyclic) bond motifs is 1. The molecule has 0 saturated carbocycles. The van der Waals surface area contributed by atoms with Crippen LogP contribution < -0.4 is 10.1 Å². The Labute approximate surface area is 180 Å². The van der Waals surface area contributed by atoms with Gasteiger partial charge in [-0.05, 0) is 55.5 Å². The van der Waals surface area contributed by atoms with E-state index in [-0.39, 0.29) is 5.91 Å². The van der Waals surface area contributed by atoms with Gasteiger partial charge in [0.2, 0.25) is 0 Å². The molecule has 0 bridgehead atoms. The summed E-state index contributed by atoms with van der Waals surface area (Å²) in [6.45, 7) is 3.39. The van der Waals surface area contributed by atoms with Crippen LogP contribution in [0.1, 0.15) is 21.7 Å². The van der Waals surface area contributed by atoms with Crippen molar-refractivity contribution in [2.75, 3.05) is 6.61 Å². The first kappa shape index (κ1) is 20.0. The molecule has 0 fully saturated rings. The number of hydrogen-bond acceptors (Lipinski definition) is 3. The van der Waals surface area contributed by atoms with E-state index in [0.29, 0.717) is 30.3 Å². The Hall–Kier alpha value is -3.31. The van der Waals surface area contributed by atoms with Crippen LogP contribution in [0.5, 0.6) is 5.75 Å². The Kier molecular flexibility index (Phi) is 6.00. The molecule has 30 heavy (non-hydrogen) atoms. The zero-order chi connectivity index (χ0) is 20.9. The van der Waals surface area contributed by atoms with Gasteiger partial charge in [0.1, 0.15) is 18.2 Å². The normalized spacial score (nSPS) is 10.9. The molecule has 4 aromatic rings. The summed E-state index contributed by atoms with van der Waals surface area (Å²) < 4.78 is 7.94. The second kappa shape index (κ2) is 9.01. The van der Waals surface area contributed by atoms with E-state index >= 15 is 0 Å². The summed E-state index contributed by atoms with van der Waals surface area (Å²) in [5, 5.41) is 3.66. The van der Waals surface area contributed by atoms with Gasteiger partial charge in [0, 0.05) is 10.6 Å². The lowest BCUT2D eigenvalue weighted by molar-refractivity contribution is 0.0949. The van der Waals surface area contributed by atoms with E-state index in [1.54, 1.807) is 12.1 Å². The summed E-state index contributed by atoms with van der Waals surface area (Å²) in [5.41, 5.74) is 3.60. The molecule has 0 saturated heterocycles. The second-order valence-corrected chi connectivity index (χ2v) is 7.46. The van der Waals surface area contributed by atoms with Crippen LogP contribution in [-0.2, 0) is 13.1 Å². The molecule has 0 aliphatic heterocycles. The van der Waals surface area contributed by atoms with Crippen molar-refractivity contribution < 1.29 is 9.53 Å². The van der Waals surface area contributed by atoms with Crippen LogP contribution in [0.4, 0.5) is 0 Å². The van der Waals surface area contributed by atoms with Crippen molar-refractivity contribution in [1.29, 1.82) is 0 Å². The highest BCUT2D eigenvalue weighted by Gasteiger charge is 2.12. The predicted octanol–water partition coefficient (Wildman–Crippen LogP) is 5.01. The molecule has 5 nitrogen and oxygen atoms in total. The lowest BCUT2D eigenvalue weighted by atomic mass is 10.1. The van der Waals surface area contributed by atoms with Crippen molar-refractivity contribution >= 4 is 28.5 Å². The van der Waals surface area contributed by atoms with Gasteiger partial charge in [-0.1, -0.05) is 41.4 Å². The van der Waals surface area contributed by atoms with Crippen molar-refractivity contribution in [1.82, 2.24) is 14.9 Å². The number of nitrogens with zero attached hydrogens (tertiary/aromatic N) is 2. The van der Waals surface area contributed by atoms with E-state index in [1.807, 2.05) is 67.6 Å². The van der Waals surface area contributed by atoms with Crippen LogP contribution in [0.3, 0.4) is 0 Å². The summed E-state index contributed by atoms with van der Waals surface area (Å²) in [5.74, 6) is 1.43. The van der Waals surface area contributed by atoms with Gasteiger partial charge in [0.05, 0.1) is 24.1 Å². The van der Waals surface area contributed by atoms with Gasteiger partial charge in [-0.3, -0.25) is 4.79 Å². The molecule has 1 amide bonds. The summed E-state index contributed by atoms with van der Waals surface area (Å²) in [7, 11) is 0. The zero-order valence-corrected chi connectivity index (χ0v) is 17.4. The first-order valence-corrected chi connectivity index (χ1v) is 10.2. The Morgan fingerprint density at radius 1 is 1.07 bits per heavy atom. The van der Waals surface area contributed by atoms with Crippen LogP contribution in [-0.4, -0.2) is 22.1 Å². The van der Waals surface area contributed by atoms with Crippen LogP contribution in [0.15, 0.2) is 72.8 Å². The van der Waals surface area contributed by atoms with Gasteiger partial charge in [-0.15, -0.1) is 0 Å².